The number of tetrazole rings is 1. The van der Waals surface area contributed by atoms with E-state index in [0.29, 0.717) is 18.3 Å². The first kappa shape index (κ1) is 24.2. The van der Waals surface area contributed by atoms with Crippen molar-refractivity contribution in [2.75, 3.05) is 0 Å². The van der Waals surface area contributed by atoms with Crippen molar-refractivity contribution in [3.8, 4) is 22.5 Å². The monoisotopic (exact) mass is 485 g/mol. The van der Waals surface area contributed by atoms with Crippen LogP contribution in [0.25, 0.3) is 22.5 Å². The van der Waals surface area contributed by atoms with E-state index in [1.165, 1.54) is 32.1 Å². The van der Waals surface area contributed by atoms with E-state index in [9.17, 15) is 4.79 Å². The minimum absolute atomic E-state index is 0.0265. The molecule has 2 aromatic heterocycles. The van der Waals surface area contributed by atoms with Crippen LogP contribution in [-0.2, 0) is 19.5 Å². The van der Waals surface area contributed by atoms with E-state index in [1.807, 2.05) is 22.8 Å². The SMILES string of the molecule is CCCCCc1nn(CC2CCCCC2)c(=O)n1Cc1ccc(-c2ccccc2-c2nn[nH]n2)cc1. The predicted octanol–water partition coefficient (Wildman–Crippen LogP) is 5.25. The zero-order valence-electron chi connectivity index (χ0n) is 21.1. The minimum Gasteiger partial charge on any atom is -0.274 e. The fraction of sp³-hybridized carbons (Fsp3) is 0.464. The molecule has 8 nitrogen and oxygen atoms in total. The summed E-state index contributed by atoms with van der Waals surface area (Å²) in [4.78, 5) is 13.4. The topological polar surface area (TPSA) is 94.3 Å². The van der Waals surface area contributed by atoms with Crippen LogP contribution >= 0.6 is 0 Å². The van der Waals surface area contributed by atoms with Gasteiger partial charge in [0.15, 0.2) is 0 Å². The highest BCUT2D eigenvalue weighted by atomic mass is 16.2. The van der Waals surface area contributed by atoms with Gasteiger partial charge < -0.3 is 0 Å². The summed E-state index contributed by atoms with van der Waals surface area (Å²) in [5, 5.41) is 19.3. The zero-order chi connectivity index (χ0) is 24.7. The van der Waals surface area contributed by atoms with Crippen molar-refractivity contribution in [1.82, 2.24) is 35.0 Å². The first-order chi connectivity index (χ1) is 17.7. The van der Waals surface area contributed by atoms with Gasteiger partial charge in [0.25, 0.3) is 0 Å². The van der Waals surface area contributed by atoms with E-state index in [-0.39, 0.29) is 5.69 Å². The molecular formula is C28H35N7O. The molecule has 0 aliphatic heterocycles. The number of benzene rings is 2. The molecule has 1 saturated carbocycles. The van der Waals surface area contributed by atoms with Crippen molar-refractivity contribution in [1.29, 1.82) is 0 Å². The predicted molar refractivity (Wildman–Crippen MR) is 140 cm³/mol. The zero-order valence-corrected chi connectivity index (χ0v) is 21.1. The second-order valence-electron chi connectivity index (χ2n) is 9.91. The number of hydrogen-bond donors (Lipinski definition) is 1. The molecule has 2 heterocycles. The molecule has 188 valence electrons. The number of rotatable bonds is 10. The first-order valence-electron chi connectivity index (χ1n) is 13.3. The smallest absolute Gasteiger partial charge is 0.274 e. The molecule has 36 heavy (non-hydrogen) atoms. The van der Waals surface area contributed by atoms with E-state index < -0.39 is 0 Å². The van der Waals surface area contributed by atoms with Crippen LogP contribution in [-0.4, -0.2) is 35.0 Å². The summed E-state index contributed by atoms with van der Waals surface area (Å²) in [5.41, 5.74) is 4.16. The molecule has 0 amide bonds. The number of H-pyrrole nitrogens is 1. The average molecular weight is 486 g/mol. The highest BCUT2D eigenvalue weighted by molar-refractivity contribution is 5.80. The van der Waals surface area contributed by atoms with Crippen molar-refractivity contribution in [2.24, 2.45) is 5.92 Å². The van der Waals surface area contributed by atoms with Gasteiger partial charge in [0.1, 0.15) is 5.82 Å². The summed E-state index contributed by atoms with van der Waals surface area (Å²) in [5.74, 6) is 2.06. The highest BCUT2D eigenvalue weighted by Gasteiger charge is 2.19. The largest absolute Gasteiger partial charge is 0.346 e. The van der Waals surface area contributed by atoms with Gasteiger partial charge in [-0.2, -0.15) is 10.3 Å². The van der Waals surface area contributed by atoms with E-state index in [1.54, 1.807) is 4.68 Å². The van der Waals surface area contributed by atoms with Crippen molar-refractivity contribution in [3.05, 3.63) is 70.4 Å². The summed E-state index contributed by atoms with van der Waals surface area (Å²) in [6, 6.07) is 16.4. The Morgan fingerprint density at radius 2 is 1.75 bits per heavy atom. The van der Waals surface area contributed by atoms with E-state index in [0.717, 1.165) is 60.3 Å². The molecule has 1 fully saturated rings. The molecule has 0 radical (unpaired) electrons. The Morgan fingerprint density at radius 1 is 0.972 bits per heavy atom. The lowest BCUT2D eigenvalue weighted by molar-refractivity contribution is 0.303. The van der Waals surface area contributed by atoms with Crippen LogP contribution in [0.1, 0.15) is 69.7 Å². The molecule has 1 aliphatic carbocycles. The molecule has 0 bridgehead atoms. The van der Waals surface area contributed by atoms with Gasteiger partial charge in [-0.25, -0.2) is 9.48 Å². The summed E-state index contributed by atoms with van der Waals surface area (Å²) < 4.78 is 3.63. The maximum atomic E-state index is 13.4. The van der Waals surface area contributed by atoms with Gasteiger partial charge in [-0.1, -0.05) is 87.6 Å². The summed E-state index contributed by atoms with van der Waals surface area (Å²) in [6.07, 6.45) is 10.5. The van der Waals surface area contributed by atoms with Gasteiger partial charge in [0.05, 0.1) is 6.54 Å². The Labute approximate surface area is 211 Å². The number of nitrogens with zero attached hydrogens (tertiary/aromatic N) is 6. The molecule has 4 aromatic rings. The lowest BCUT2D eigenvalue weighted by Crippen LogP contribution is -2.29. The van der Waals surface area contributed by atoms with Crippen LogP contribution in [0, 0.1) is 5.92 Å². The van der Waals surface area contributed by atoms with E-state index in [2.05, 4.69) is 57.9 Å². The molecule has 2 aromatic carbocycles. The highest BCUT2D eigenvalue weighted by Crippen LogP contribution is 2.30. The normalized spacial score (nSPS) is 14.4. The maximum absolute atomic E-state index is 13.4. The molecule has 0 spiro atoms. The molecular weight excluding hydrogens is 450 g/mol. The first-order valence-corrected chi connectivity index (χ1v) is 13.3. The lowest BCUT2D eigenvalue weighted by atomic mass is 9.89. The summed E-state index contributed by atoms with van der Waals surface area (Å²) in [7, 11) is 0. The quantitative estimate of drug-likeness (QED) is 0.310. The number of unbranched alkanes of at least 4 members (excludes halogenated alkanes) is 2. The van der Waals surface area contributed by atoms with E-state index in [4.69, 9.17) is 5.10 Å². The van der Waals surface area contributed by atoms with Gasteiger partial charge in [-0.05, 0) is 47.1 Å². The van der Waals surface area contributed by atoms with Crippen LogP contribution in [0.3, 0.4) is 0 Å². The molecule has 5 rings (SSSR count). The Hall–Kier alpha value is -3.55. The third-order valence-electron chi connectivity index (χ3n) is 7.28. The van der Waals surface area contributed by atoms with Crippen molar-refractivity contribution >= 4 is 0 Å². The standard InChI is InChI=1S/C28H35N7O/c1-2-3-5-14-26-31-35(20-21-10-6-4-7-11-21)28(36)34(26)19-22-15-17-23(18-16-22)24-12-8-9-13-25(24)27-29-32-33-30-27/h8-9,12-13,15-18,21H,2-7,10-11,14,19-20H2,1H3,(H,29,30,32,33). The Balaban J connectivity index is 1.38. The van der Waals surface area contributed by atoms with Gasteiger partial charge in [0, 0.05) is 18.5 Å². The number of aromatic amines is 1. The number of aryl methyl sites for hydroxylation is 1. The fourth-order valence-electron chi connectivity index (χ4n) is 5.27. The third kappa shape index (κ3) is 5.48. The summed E-state index contributed by atoms with van der Waals surface area (Å²) >= 11 is 0. The molecule has 1 aliphatic rings. The molecule has 0 atom stereocenters. The van der Waals surface area contributed by atoms with Gasteiger partial charge in [-0.15, -0.1) is 10.2 Å². The average Bonchev–Trinajstić information content (AvgIpc) is 3.55. The molecule has 1 N–H and O–H groups in total. The minimum atomic E-state index is 0.0265. The Kier molecular flexibility index (Phi) is 7.69. The van der Waals surface area contributed by atoms with Gasteiger partial charge in [-0.3, -0.25) is 4.57 Å². The van der Waals surface area contributed by atoms with Crippen molar-refractivity contribution in [3.63, 3.8) is 0 Å². The Morgan fingerprint density at radius 3 is 2.47 bits per heavy atom. The number of hydrogen-bond acceptors (Lipinski definition) is 5. The van der Waals surface area contributed by atoms with Crippen LogP contribution in [0.5, 0.6) is 0 Å². The van der Waals surface area contributed by atoms with Crippen molar-refractivity contribution in [2.45, 2.75) is 77.8 Å². The molecule has 0 saturated heterocycles. The molecule has 8 heteroatoms. The summed E-state index contributed by atoms with van der Waals surface area (Å²) in [6.45, 7) is 3.49. The van der Waals surface area contributed by atoms with Gasteiger partial charge in [0.2, 0.25) is 5.82 Å². The van der Waals surface area contributed by atoms with Crippen LogP contribution in [0.4, 0.5) is 0 Å². The van der Waals surface area contributed by atoms with Gasteiger partial charge >= 0.3 is 5.69 Å². The number of nitrogens with one attached hydrogen (secondary N) is 1. The number of aromatic nitrogens is 7. The van der Waals surface area contributed by atoms with E-state index >= 15 is 0 Å². The third-order valence-corrected chi connectivity index (χ3v) is 7.28. The van der Waals surface area contributed by atoms with Crippen LogP contribution in [0.15, 0.2) is 53.3 Å². The maximum Gasteiger partial charge on any atom is 0.346 e. The van der Waals surface area contributed by atoms with Crippen LogP contribution in [0.2, 0.25) is 0 Å². The lowest BCUT2D eigenvalue weighted by Gasteiger charge is -2.20. The Bertz CT molecular complexity index is 1300. The molecule has 0 unspecified atom stereocenters. The van der Waals surface area contributed by atoms with Crippen molar-refractivity contribution < 1.29 is 0 Å². The second-order valence-corrected chi connectivity index (χ2v) is 9.91. The fourth-order valence-corrected chi connectivity index (χ4v) is 5.27. The van der Waals surface area contributed by atoms with Crippen LogP contribution < -0.4 is 5.69 Å². The second kappa shape index (κ2) is 11.5.